The van der Waals surface area contributed by atoms with Crippen LogP contribution in [0.5, 0.6) is 0 Å². The third-order valence-corrected chi connectivity index (χ3v) is 1.93. The Hall–Kier alpha value is -2.11. The lowest BCUT2D eigenvalue weighted by molar-refractivity contribution is -0.134. The van der Waals surface area contributed by atoms with E-state index in [1.54, 1.807) is 0 Å². The van der Waals surface area contributed by atoms with Crippen molar-refractivity contribution in [3.05, 3.63) is 40.7 Å². The van der Waals surface area contributed by atoms with Gasteiger partial charge in [0.25, 0.3) is 0 Å². The highest BCUT2D eigenvalue weighted by atomic mass is 19.2. The highest BCUT2D eigenvalue weighted by molar-refractivity contribution is 6.19. The second kappa shape index (κ2) is 4.82. The highest BCUT2D eigenvalue weighted by Crippen LogP contribution is 2.16. The standard InChI is InChI=1S/C11H7F3O3/c1-5(15)7(11(16)17)2-6-3-8(12)10(14)9(13)4-6/h2-4H,1H3,(H,16,17)/b7-2-. The number of rotatable bonds is 3. The second-order valence-electron chi connectivity index (χ2n) is 3.22. The normalized spacial score (nSPS) is 11.4. The van der Waals surface area contributed by atoms with Crippen LogP contribution in [-0.2, 0) is 9.59 Å². The number of carbonyl (C=O) groups is 2. The number of carbonyl (C=O) groups excluding carboxylic acids is 1. The van der Waals surface area contributed by atoms with E-state index in [2.05, 4.69) is 0 Å². The topological polar surface area (TPSA) is 54.4 Å². The van der Waals surface area contributed by atoms with Crippen LogP contribution < -0.4 is 0 Å². The van der Waals surface area contributed by atoms with Gasteiger partial charge in [0, 0.05) is 0 Å². The summed E-state index contributed by atoms with van der Waals surface area (Å²) in [7, 11) is 0. The van der Waals surface area contributed by atoms with Crippen LogP contribution in [0.2, 0.25) is 0 Å². The Balaban J connectivity index is 3.30. The lowest BCUT2D eigenvalue weighted by Crippen LogP contribution is -2.08. The van der Waals surface area contributed by atoms with Crippen molar-refractivity contribution in [1.82, 2.24) is 0 Å². The zero-order valence-electron chi connectivity index (χ0n) is 8.63. The molecule has 0 unspecified atom stereocenters. The minimum Gasteiger partial charge on any atom is -0.478 e. The molecule has 0 aliphatic carbocycles. The molecule has 0 aliphatic rings. The number of halogens is 3. The molecule has 0 bridgehead atoms. The molecule has 0 fully saturated rings. The van der Waals surface area contributed by atoms with Crippen molar-refractivity contribution in [1.29, 1.82) is 0 Å². The van der Waals surface area contributed by atoms with Crippen molar-refractivity contribution in [3.8, 4) is 0 Å². The average molecular weight is 244 g/mol. The molecular formula is C11H7F3O3. The van der Waals surface area contributed by atoms with E-state index in [9.17, 15) is 22.8 Å². The first-order chi connectivity index (χ1) is 7.82. The first-order valence-corrected chi connectivity index (χ1v) is 4.43. The maximum atomic E-state index is 12.8. The zero-order chi connectivity index (χ0) is 13.2. The van der Waals surface area contributed by atoms with E-state index in [0.717, 1.165) is 13.0 Å². The maximum Gasteiger partial charge on any atom is 0.339 e. The molecule has 0 radical (unpaired) electrons. The molecule has 3 nitrogen and oxygen atoms in total. The summed E-state index contributed by atoms with van der Waals surface area (Å²) in [5.74, 6) is -6.86. The number of benzene rings is 1. The first-order valence-electron chi connectivity index (χ1n) is 4.43. The molecule has 1 aromatic rings. The Morgan fingerprint density at radius 3 is 2.00 bits per heavy atom. The van der Waals surface area contributed by atoms with Crippen LogP contribution in [0, 0.1) is 17.5 Å². The zero-order valence-corrected chi connectivity index (χ0v) is 8.63. The molecule has 0 saturated carbocycles. The van der Waals surface area contributed by atoms with Gasteiger partial charge in [0.2, 0.25) is 0 Å². The van der Waals surface area contributed by atoms with Gasteiger partial charge in [-0.3, -0.25) is 4.79 Å². The largest absolute Gasteiger partial charge is 0.478 e. The van der Waals surface area contributed by atoms with Crippen LogP contribution in [0.15, 0.2) is 17.7 Å². The van der Waals surface area contributed by atoms with Gasteiger partial charge >= 0.3 is 5.97 Å². The fourth-order valence-corrected chi connectivity index (χ4v) is 1.14. The minimum absolute atomic E-state index is 0.242. The molecule has 0 saturated heterocycles. The summed E-state index contributed by atoms with van der Waals surface area (Å²) in [4.78, 5) is 21.5. The number of Topliss-reactive ketones (excluding diaryl/α,β-unsaturated/α-hetero) is 1. The first kappa shape index (κ1) is 13.0. The van der Waals surface area contributed by atoms with E-state index in [0.29, 0.717) is 12.1 Å². The van der Waals surface area contributed by atoms with Gasteiger partial charge in [-0.2, -0.15) is 0 Å². The van der Waals surface area contributed by atoms with Crippen LogP contribution in [0.4, 0.5) is 13.2 Å². The van der Waals surface area contributed by atoms with Crippen LogP contribution in [0.3, 0.4) is 0 Å². The van der Waals surface area contributed by atoms with E-state index < -0.39 is 34.8 Å². The number of carboxylic acids is 1. The smallest absolute Gasteiger partial charge is 0.339 e. The predicted molar refractivity (Wildman–Crippen MR) is 52.6 cm³/mol. The molecular weight excluding hydrogens is 237 g/mol. The molecule has 90 valence electrons. The van der Waals surface area contributed by atoms with Crippen LogP contribution in [0.25, 0.3) is 6.08 Å². The van der Waals surface area contributed by atoms with E-state index >= 15 is 0 Å². The molecule has 0 heterocycles. The monoisotopic (exact) mass is 244 g/mol. The lowest BCUT2D eigenvalue weighted by atomic mass is 10.1. The Morgan fingerprint density at radius 2 is 1.65 bits per heavy atom. The van der Waals surface area contributed by atoms with Gasteiger partial charge in [-0.05, 0) is 30.7 Å². The third kappa shape index (κ3) is 2.93. The predicted octanol–water partition coefficient (Wildman–Crippen LogP) is 2.16. The van der Waals surface area contributed by atoms with E-state index in [4.69, 9.17) is 5.11 Å². The van der Waals surface area contributed by atoms with Gasteiger partial charge in [0.05, 0.1) is 0 Å². The number of ketones is 1. The molecule has 0 atom stereocenters. The SMILES string of the molecule is CC(=O)/C(=C/c1cc(F)c(F)c(F)c1)C(=O)O. The summed E-state index contributed by atoms with van der Waals surface area (Å²) in [5.41, 5.74) is -0.885. The van der Waals surface area contributed by atoms with Crippen LogP contribution in [0.1, 0.15) is 12.5 Å². The van der Waals surface area contributed by atoms with Gasteiger partial charge in [-0.25, -0.2) is 18.0 Å². The Morgan fingerprint density at radius 1 is 1.18 bits per heavy atom. The number of aliphatic carboxylic acids is 1. The average Bonchev–Trinajstić information content (AvgIpc) is 2.21. The summed E-state index contributed by atoms with van der Waals surface area (Å²) in [6.45, 7) is 0.996. The molecule has 0 aliphatic heterocycles. The maximum absolute atomic E-state index is 12.8. The highest BCUT2D eigenvalue weighted by Gasteiger charge is 2.15. The fraction of sp³-hybridized carbons (Fsp3) is 0.0909. The Kier molecular flexibility index (Phi) is 3.67. The van der Waals surface area contributed by atoms with Gasteiger partial charge < -0.3 is 5.11 Å². The Labute approximate surface area is 94.2 Å². The van der Waals surface area contributed by atoms with Crippen LogP contribution >= 0.6 is 0 Å². The number of hydrogen-bond acceptors (Lipinski definition) is 2. The molecule has 1 aromatic carbocycles. The van der Waals surface area contributed by atoms with E-state index in [1.807, 2.05) is 0 Å². The summed E-state index contributed by atoms with van der Waals surface area (Å²) in [6.07, 6.45) is 0.774. The molecule has 0 spiro atoms. The summed E-state index contributed by atoms with van der Waals surface area (Å²) in [6, 6.07) is 1.20. The Bertz CT molecular complexity index is 482. The second-order valence-corrected chi connectivity index (χ2v) is 3.22. The van der Waals surface area contributed by atoms with Gasteiger partial charge in [-0.1, -0.05) is 0 Å². The van der Waals surface area contributed by atoms with Crippen molar-refractivity contribution in [2.75, 3.05) is 0 Å². The van der Waals surface area contributed by atoms with E-state index in [1.165, 1.54) is 0 Å². The van der Waals surface area contributed by atoms with E-state index in [-0.39, 0.29) is 5.56 Å². The summed E-state index contributed by atoms with van der Waals surface area (Å²) in [5, 5.41) is 8.65. The molecule has 6 heteroatoms. The van der Waals surface area contributed by atoms with Gasteiger partial charge in [0.15, 0.2) is 23.2 Å². The summed E-state index contributed by atoms with van der Waals surface area (Å²) >= 11 is 0. The van der Waals surface area contributed by atoms with Crippen molar-refractivity contribution < 1.29 is 27.9 Å². The van der Waals surface area contributed by atoms with Crippen molar-refractivity contribution in [2.24, 2.45) is 0 Å². The van der Waals surface area contributed by atoms with Crippen molar-refractivity contribution >= 4 is 17.8 Å². The van der Waals surface area contributed by atoms with Crippen molar-refractivity contribution in [2.45, 2.75) is 6.92 Å². The quantitative estimate of drug-likeness (QED) is 0.383. The number of carboxylic acid groups (broad SMARTS) is 1. The lowest BCUT2D eigenvalue weighted by Gasteiger charge is -2.00. The summed E-state index contributed by atoms with van der Waals surface area (Å²) < 4.78 is 38.2. The minimum atomic E-state index is -1.65. The molecule has 1 N–H and O–H groups in total. The fourth-order valence-electron chi connectivity index (χ4n) is 1.14. The van der Waals surface area contributed by atoms with Gasteiger partial charge in [0.1, 0.15) is 5.57 Å². The van der Waals surface area contributed by atoms with Gasteiger partial charge in [-0.15, -0.1) is 0 Å². The third-order valence-electron chi connectivity index (χ3n) is 1.93. The molecule has 0 aromatic heterocycles. The van der Waals surface area contributed by atoms with Crippen molar-refractivity contribution in [3.63, 3.8) is 0 Å². The number of hydrogen-bond donors (Lipinski definition) is 1. The molecule has 17 heavy (non-hydrogen) atoms. The molecule has 0 amide bonds. The molecule has 1 rings (SSSR count). The van der Waals surface area contributed by atoms with Crippen LogP contribution in [-0.4, -0.2) is 16.9 Å².